The van der Waals surface area contributed by atoms with Crippen molar-refractivity contribution >= 4 is 11.9 Å². The quantitative estimate of drug-likeness (QED) is 0.683. The number of aromatic nitrogens is 2. The van der Waals surface area contributed by atoms with E-state index in [0.717, 1.165) is 0 Å². The molecule has 6 heteroatoms. The second-order valence-electron chi connectivity index (χ2n) is 4.46. The maximum atomic E-state index is 12.1. The molecule has 0 radical (unpaired) electrons. The van der Waals surface area contributed by atoms with Gasteiger partial charge in [0.15, 0.2) is 5.69 Å². The first-order valence-electron chi connectivity index (χ1n) is 6.09. The fourth-order valence-corrected chi connectivity index (χ4v) is 1.69. The molecule has 2 aromatic rings. The molecule has 0 aliphatic heterocycles. The van der Waals surface area contributed by atoms with E-state index in [2.05, 4.69) is 5.10 Å². The molecule has 20 heavy (non-hydrogen) atoms. The van der Waals surface area contributed by atoms with Gasteiger partial charge in [0.2, 0.25) is 0 Å². The second kappa shape index (κ2) is 5.56. The van der Waals surface area contributed by atoms with Gasteiger partial charge in [0.1, 0.15) is 11.4 Å². The molecular weight excluding hydrogens is 260 g/mol. The van der Waals surface area contributed by atoms with E-state index in [9.17, 15) is 9.59 Å². The topological polar surface area (TPSA) is 81.4 Å². The Labute approximate surface area is 115 Å². The van der Waals surface area contributed by atoms with Gasteiger partial charge in [-0.25, -0.2) is 9.59 Å². The average molecular weight is 274 g/mol. The van der Waals surface area contributed by atoms with Crippen LogP contribution in [0.5, 0.6) is 5.75 Å². The SMILES string of the molecule is CC(C)n1nc(C(=O)O)cc1C(=O)Oc1ccccc1. The van der Waals surface area contributed by atoms with E-state index < -0.39 is 11.9 Å². The molecule has 0 saturated carbocycles. The Morgan fingerprint density at radius 1 is 1.25 bits per heavy atom. The number of esters is 1. The molecule has 0 fully saturated rings. The second-order valence-corrected chi connectivity index (χ2v) is 4.46. The Balaban J connectivity index is 2.31. The molecule has 1 aromatic heterocycles. The Kier molecular flexibility index (Phi) is 3.84. The number of ether oxygens (including phenoxy) is 1. The van der Waals surface area contributed by atoms with Crippen LogP contribution in [0.4, 0.5) is 0 Å². The first-order valence-corrected chi connectivity index (χ1v) is 6.09. The van der Waals surface area contributed by atoms with Gasteiger partial charge >= 0.3 is 11.9 Å². The minimum Gasteiger partial charge on any atom is -0.476 e. The highest BCUT2D eigenvalue weighted by atomic mass is 16.5. The molecule has 2 rings (SSSR count). The standard InChI is InChI=1S/C14H14N2O4/c1-9(2)16-12(8-11(15-16)13(17)18)14(19)20-10-6-4-3-5-7-10/h3-9H,1-2H3,(H,17,18). The molecule has 0 spiro atoms. The molecule has 1 N–H and O–H groups in total. The number of hydrogen-bond donors (Lipinski definition) is 1. The normalized spacial score (nSPS) is 10.6. The summed E-state index contributed by atoms with van der Waals surface area (Å²) in [4.78, 5) is 23.0. The van der Waals surface area contributed by atoms with E-state index in [-0.39, 0.29) is 17.4 Å². The minimum atomic E-state index is -1.18. The van der Waals surface area contributed by atoms with Gasteiger partial charge in [-0.2, -0.15) is 5.10 Å². The van der Waals surface area contributed by atoms with E-state index in [1.807, 2.05) is 0 Å². The number of benzene rings is 1. The fourth-order valence-electron chi connectivity index (χ4n) is 1.69. The van der Waals surface area contributed by atoms with E-state index in [4.69, 9.17) is 9.84 Å². The van der Waals surface area contributed by atoms with Crippen LogP contribution in [0.15, 0.2) is 36.4 Å². The van der Waals surface area contributed by atoms with E-state index in [0.29, 0.717) is 5.75 Å². The smallest absolute Gasteiger partial charge is 0.362 e. The van der Waals surface area contributed by atoms with E-state index in [1.165, 1.54) is 10.7 Å². The van der Waals surface area contributed by atoms with Crippen LogP contribution in [-0.4, -0.2) is 26.8 Å². The minimum absolute atomic E-state index is 0.112. The largest absolute Gasteiger partial charge is 0.476 e. The van der Waals surface area contributed by atoms with Gasteiger partial charge in [0.05, 0.1) is 0 Å². The highest BCUT2D eigenvalue weighted by Gasteiger charge is 2.21. The zero-order valence-electron chi connectivity index (χ0n) is 11.1. The van der Waals surface area contributed by atoms with Gasteiger partial charge in [0, 0.05) is 12.1 Å². The zero-order chi connectivity index (χ0) is 14.7. The third kappa shape index (κ3) is 2.85. The predicted octanol–water partition coefficient (Wildman–Crippen LogP) is 2.38. The maximum Gasteiger partial charge on any atom is 0.362 e. The lowest BCUT2D eigenvalue weighted by Gasteiger charge is -2.10. The van der Waals surface area contributed by atoms with Crippen LogP contribution in [0.25, 0.3) is 0 Å². The van der Waals surface area contributed by atoms with Crippen molar-refractivity contribution in [3.05, 3.63) is 47.8 Å². The van der Waals surface area contributed by atoms with Gasteiger partial charge in [-0.05, 0) is 26.0 Å². The summed E-state index contributed by atoms with van der Waals surface area (Å²) >= 11 is 0. The molecule has 0 atom stereocenters. The third-order valence-electron chi connectivity index (χ3n) is 2.61. The zero-order valence-corrected chi connectivity index (χ0v) is 11.1. The van der Waals surface area contributed by atoms with Crippen molar-refractivity contribution in [3.8, 4) is 5.75 Å². The van der Waals surface area contributed by atoms with Crippen molar-refractivity contribution in [1.82, 2.24) is 9.78 Å². The van der Waals surface area contributed by atoms with Crippen LogP contribution in [0.1, 0.15) is 40.9 Å². The number of nitrogens with zero attached hydrogens (tertiary/aromatic N) is 2. The van der Waals surface area contributed by atoms with Crippen LogP contribution in [-0.2, 0) is 0 Å². The molecule has 0 amide bonds. The Morgan fingerprint density at radius 3 is 2.45 bits per heavy atom. The van der Waals surface area contributed by atoms with E-state index in [1.54, 1.807) is 44.2 Å². The molecule has 1 heterocycles. The molecule has 0 aliphatic carbocycles. The Morgan fingerprint density at radius 2 is 1.90 bits per heavy atom. The molecule has 0 saturated heterocycles. The number of carboxylic acids is 1. The van der Waals surface area contributed by atoms with Gasteiger partial charge in [-0.3, -0.25) is 4.68 Å². The lowest BCUT2D eigenvalue weighted by molar-refractivity contribution is 0.0686. The summed E-state index contributed by atoms with van der Waals surface area (Å²) in [6, 6.07) is 9.64. The lowest BCUT2D eigenvalue weighted by Crippen LogP contribution is -2.17. The highest BCUT2D eigenvalue weighted by Crippen LogP contribution is 2.16. The average Bonchev–Trinajstić information content (AvgIpc) is 2.85. The van der Waals surface area contributed by atoms with Crippen molar-refractivity contribution in [2.75, 3.05) is 0 Å². The monoisotopic (exact) mass is 274 g/mol. The summed E-state index contributed by atoms with van der Waals surface area (Å²) in [5.41, 5.74) is -0.0695. The van der Waals surface area contributed by atoms with Gasteiger partial charge in [-0.1, -0.05) is 18.2 Å². The Hall–Kier alpha value is -2.63. The van der Waals surface area contributed by atoms with Crippen molar-refractivity contribution in [2.24, 2.45) is 0 Å². The van der Waals surface area contributed by atoms with Crippen LogP contribution < -0.4 is 4.74 Å². The fraction of sp³-hybridized carbons (Fsp3) is 0.214. The number of carbonyl (C=O) groups excluding carboxylic acids is 1. The molecule has 0 aliphatic rings. The summed E-state index contributed by atoms with van der Waals surface area (Å²) in [6.07, 6.45) is 0. The van der Waals surface area contributed by atoms with Crippen molar-refractivity contribution in [1.29, 1.82) is 0 Å². The number of para-hydroxylation sites is 1. The number of carbonyl (C=O) groups is 2. The lowest BCUT2D eigenvalue weighted by atomic mass is 10.3. The number of carboxylic acid groups (broad SMARTS) is 1. The molecule has 1 aromatic carbocycles. The van der Waals surface area contributed by atoms with Crippen LogP contribution in [0, 0.1) is 0 Å². The van der Waals surface area contributed by atoms with Crippen LogP contribution in [0.2, 0.25) is 0 Å². The van der Waals surface area contributed by atoms with Gasteiger partial charge in [0.25, 0.3) is 0 Å². The summed E-state index contributed by atoms with van der Waals surface area (Å²) < 4.78 is 6.53. The number of hydrogen-bond acceptors (Lipinski definition) is 4. The number of rotatable bonds is 4. The number of aromatic carboxylic acids is 1. The third-order valence-corrected chi connectivity index (χ3v) is 2.61. The van der Waals surface area contributed by atoms with Crippen molar-refractivity contribution < 1.29 is 19.4 Å². The van der Waals surface area contributed by atoms with Gasteiger partial charge in [-0.15, -0.1) is 0 Å². The van der Waals surface area contributed by atoms with E-state index >= 15 is 0 Å². The molecule has 104 valence electrons. The molecule has 6 nitrogen and oxygen atoms in total. The van der Waals surface area contributed by atoms with Crippen LogP contribution in [0.3, 0.4) is 0 Å². The molecular formula is C14H14N2O4. The first kappa shape index (κ1) is 13.8. The predicted molar refractivity (Wildman–Crippen MR) is 71.0 cm³/mol. The van der Waals surface area contributed by atoms with Crippen LogP contribution >= 0.6 is 0 Å². The van der Waals surface area contributed by atoms with Crippen molar-refractivity contribution in [2.45, 2.75) is 19.9 Å². The summed E-state index contributed by atoms with van der Waals surface area (Å²) in [5, 5.41) is 12.8. The van der Waals surface area contributed by atoms with Gasteiger partial charge < -0.3 is 9.84 Å². The summed E-state index contributed by atoms with van der Waals surface area (Å²) in [7, 11) is 0. The summed E-state index contributed by atoms with van der Waals surface area (Å²) in [6.45, 7) is 3.61. The van der Waals surface area contributed by atoms with Crippen molar-refractivity contribution in [3.63, 3.8) is 0 Å². The molecule has 0 unspecified atom stereocenters. The molecule has 0 bridgehead atoms. The maximum absolute atomic E-state index is 12.1. The first-order chi connectivity index (χ1) is 9.49. The summed E-state index contributed by atoms with van der Waals surface area (Å²) in [5.74, 6) is -1.42. The Bertz CT molecular complexity index is 632. The highest BCUT2D eigenvalue weighted by molar-refractivity contribution is 5.93.